The van der Waals surface area contributed by atoms with Gasteiger partial charge in [-0.1, -0.05) is 30.3 Å². The van der Waals surface area contributed by atoms with E-state index < -0.39 is 0 Å². The smallest absolute Gasteiger partial charge is 0.234 e. The van der Waals surface area contributed by atoms with Gasteiger partial charge >= 0.3 is 0 Å². The maximum Gasteiger partial charge on any atom is 0.234 e. The van der Waals surface area contributed by atoms with Crippen LogP contribution in [0.4, 0.5) is 0 Å². The highest BCUT2D eigenvalue weighted by atomic mass is 16.3. The van der Waals surface area contributed by atoms with E-state index in [9.17, 15) is 9.90 Å². The minimum atomic E-state index is -0.157. The maximum atomic E-state index is 12.0. The fraction of sp³-hybridized carbons (Fsp3) is 0.611. The maximum absolute atomic E-state index is 12.0. The van der Waals surface area contributed by atoms with Crippen LogP contribution in [0.25, 0.3) is 0 Å². The van der Waals surface area contributed by atoms with Crippen molar-refractivity contribution < 1.29 is 9.90 Å². The number of aliphatic hydroxyl groups is 1. The van der Waals surface area contributed by atoms with E-state index >= 15 is 0 Å². The number of benzene rings is 1. The number of nitrogens with zero attached hydrogens (tertiary/aromatic N) is 2. The van der Waals surface area contributed by atoms with Gasteiger partial charge in [0.05, 0.1) is 12.6 Å². The van der Waals surface area contributed by atoms with Gasteiger partial charge in [-0.2, -0.15) is 0 Å². The minimum Gasteiger partial charge on any atom is -0.392 e. The number of nitrogens with one attached hydrogen (secondary N) is 1. The summed E-state index contributed by atoms with van der Waals surface area (Å²) in [6, 6.07) is 9.98. The van der Waals surface area contributed by atoms with Crippen molar-refractivity contribution in [1.29, 1.82) is 0 Å². The number of β-amino-alcohol motifs (C(OH)–C–C–N with tert-alkyl or cyclic N) is 1. The Hall–Kier alpha value is -1.43. The molecule has 5 nitrogen and oxygen atoms in total. The Balaban J connectivity index is 1.32. The van der Waals surface area contributed by atoms with E-state index in [1.807, 2.05) is 30.3 Å². The van der Waals surface area contributed by atoms with Crippen LogP contribution < -0.4 is 5.32 Å². The summed E-state index contributed by atoms with van der Waals surface area (Å²) in [5.74, 6) is 0.622. The van der Waals surface area contributed by atoms with Crippen molar-refractivity contribution in [3.05, 3.63) is 35.9 Å². The molecular formula is C18H27N3O2. The highest BCUT2D eigenvalue weighted by Gasteiger charge is 2.31. The summed E-state index contributed by atoms with van der Waals surface area (Å²) in [4.78, 5) is 16.6. The van der Waals surface area contributed by atoms with Gasteiger partial charge in [-0.3, -0.25) is 14.6 Å². The molecule has 0 spiro atoms. The molecule has 2 N–H and O–H groups in total. The molecule has 23 heavy (non-hydrogen) atoms. The van der Waals surface area contributed by atoms with Gasteiger partial charge in [-0.05, 0) is 24.3 Å². The number of amides is 1. The van der Waals surface area contributed by atoms with Gasteiger partial charge < -0.3 is 10.4 Å². The third-order valence-electron chi connectivity index (χ3n) is 4.78. The molecule has 126 valence electrons. The van der Waals surface area contributed by atoms with Gasteiger partial charge in [0, 0.05) is 39.3 Å². The Morgan fingerprint density at radius 1 is 1.13 bits per heavy atom. The summed E-state index contributed by atoms with van der Waals surface area (Å²) in [6.45, 7) is 5.52. The van der Waals surface area contributed by atoms with Crippen LogP contribution in [0.3, 0.4) is 0 Å². The van der Waals surface area contributed by atoms with Crippen LogP contribution in [0.15, 0.2) is 30.3 Å². The zero-order valence-corrected chi connectivity index (χ0v) is 13.7. The van der Waals surface area contributed by atoms with Crippen LogP contribution in [-0.2, 0) is 11.3 Å². The molecule has 0 radical (unpaired) electrons. The highest BCUT2D eigenvalue weighted by Crippen LogP contribution is 2.32. The average Bonchev–Trinajstić information content (AvgIpc) is 3.41. The molecule has 0 bridgehead atoms. The second kappa shape index (κ2) is 7.90. The first-order chi connectivity index (χ1) is 11.2. The lowest BCUT2D eigenvalue weighted by Crippen LogP contribution is -2.51. The van der Waals surface area contributed by atoms with E-state index in [-0.39, 0.29) is 12.0 Å². The molecule has 1 atom stereocenters. The Labute approximate surface area is 138 Å². The molecule has 1 aliphatic carbocycles. The molecule has 1 aliphatic heterocycles. The van der Waals surface area contributed by atoms with Crippen LogP contribution in [0.2, 0.25) is 0 Å². The molecule has 1 amide bonds. The third kappa shape index (κ3) is 5.30. The molecule has 2 aliphatic rings. The Bertz CT molecular complexity index is 496. The SMILES string of the molecule is O=C(CN1CCN(C[C@H](O)C2CC2)CC1)NCc1ccccc1. The van der Waals surface area contributed by atoms with Crippen molar-refractivity contribution in [3.63, 3.8) is 0 Å². The first kappa shape index (κ1) is 16.4. The predicted octanol–water partition coefficient (Wildman–Crippen LogP) is 0.691. The Kier molecular flexibility index (Phi) is 5.65. The second-order valence-electron chi connectivity index (χ2n) is 6.74. The zero-order valence-electron chi connectivity index (χ0n) is 13.7. The predicted molar refractivity (Wildman–Crippen MR) is 89.9 cm³/mol. The summed E-state index contributed by atoms with van der Waals surface area (Å²) in [6.07, 6.45) is 2.21. The van der Waals surface area contributed by atoms with Crippen LogP contribution in [0.5, 0.6) is 0 Å². The second-order valence-corrected chi connectivity index (χ2v) is 6.74. The Morgan fingerprint density at radius 3 is 2.43 bits per heavy atom. The van der Waals surface area contributed by atoms with E-state index in [1.54, 1.807) is 0 Å². The molecule has 1 aromatic rings. The number of rotatable bonds is 7. The van der Waals surface area contributed by atoms with Crippen molar-refractivity contribution in [2.45, 2.75) is 25.5 Å². The number of aliphatic hydroxyl groups excluding tert-OH is 1. The zero-order chi connectivity index (χ0) is 16.1. The summed E-state index contributed by atoms with van der Waals surface area (Å²) in [5.41, 5.74) is 1.12. The standard InChI is InChI=1S/C18H27N3O2/c22-17(16-6-7-16)13-20-8-10-21(11-9-20)14-18(23)19-12-15-4-2-1-3-5-15/h1-5,16-17,22H,6-14H2,(H,19,23)/t17-/m0/s1. The third-order valence-corrected chi connectivity index (χ3v) is 4.78. The molecule has 1 aromatic carbocycles. The van der Waals surface area contributed by atoms with Gasteiger partial charge in [-0.25, -0.2) is 0 Å². The molecule has 0 aromatic heterocycles. The van der Waals surface area contributed by atoms with Gasteiger partial charge in [0.25, 0.3) is 0 Å². The van der Waals surface area contributed by atoms with E-state index in [0.29, 0.717) is 19.0 Å². The Morgan fingerprint density at radius 2 is 1.78 bits per heavy atom. The van der Waals surface area contributed by atoms with Crippen LogP contribution in [-0.4, -0.2) is 66.2 Å². The minimum absolute atomic E-state index is 0.0836. The lowest BCUT2D eigenvalue weighted by atomic mass is 10.2. The number of carbonyl (C=O) groups is 1. The first-order valence-electron chi connectivity index (χ1n) is 8.64. The molecular weight excluding hydrogens is 290 g/mol. The van der Waals surface area contributed by atoms with Crippen molar-refractivity contribution in [3.8, 4) is 0 Å². The summed E-state index contributed by atoms with van der Waals surface area (Å²) in [7, 11) is 0. The summed E-state index contributed by atoms with van der Waals surface area (Å²) < 4.78 is 0. The van der Waals surface area contributed by atoms with E-state index in [2.05, 4.69) is 15.1 Å². The van der Waals surface area contributed by atoms with Crippen molar-refractivity contribution >= 4 is 5.91 Å². The number of piperazine rings is 1. The topological polar surface area (TPSA) is 55.8 Å². The average molecular weight is 317 g/mol. The number of hydrogen-bond acceptors (Lipinski definition) is 4. The largest absolute Gasteiger partial charge is 0.392 e. The van der Waals surface area contributed by atoms with Crippen molar-refractivity contribution in [1.82, 2.24) is 15.1 Å². The normalized spacial score (nSPS) is 21.1. The van der Waals surface area contributed by atoms with E-state index in [4.69, 9.17) is 0 Å². The molecule has 5 heteroatoms. The molecule has 1 heterocycles. The summed E-state index contributed by atoms with van der Waals surface area (Å²) >= 11 is 0. The molecule has 1 saturated carbocycles. The number of carbonyl (C=O) groups excluding carboxylic acids is 1. The summed E-state index contributed by atoms with van der Waals surface area (Å²) in [5, 5.41) is 13.0. The lowest BCUT2D eigenvalue weighted by Gasteiger charge is -2.35. The lowest BCUT2D eigenvalue weighted by molar-refractivity contribution is -0.122. The quantitative estimate of drug-likeness (QED) is 0.777. The monoisotopic (exact) mass is 317 g/mol. The molecule has 2 fully saturated rings. The fourth-order valence-corrected chi connectivity index (χ4v) is 3.08. The van der Waals surface area contributed by atoms with Crippen molar-refractivity contribution in [2.75, 3.05) is 39.3 Å². The number of hydrogen-bond donors (Lipinski definition) is 2. The van der Waals surface area contributed by atoms with Gasteiger partial charge in [0.2, 0.25) is 5.91 Å². The van der Waals surface area contributed by atoms with Crippen LogP contribution in [0.1, 0.15) is 18.4 Å². The first-order valence-corrected chi connectivity index (χ1v) is 8.64. The van der Waals surface area contributed by atoms with Gasteiger partial charge in [0.1, 0.15) is 0 Å². The van der Waals surface area contributed by atoms with Crippen LogP contribution in [0, 0.1) is 5.92 Å². The highest BCUT2D eigenvalue weighted by molar-refractivity contribution is 5.78. The molecule has 3 rings (SSSR count). The van der Waals surface area contributed by atoms with Crippen LogP contribution >= 0.6 is 0 Å². The van der Waals surface area contributed by atoms with E-state index in [1.165, 1.54) is 12.8 Å². The fourth-order valence-electron chi connectivity index (χ4n) is 3.08. The van der Waals surface area contributed by atoms with Gasteiger partial charge in [-0.15, -0.1) is 0 Å². The molecule has 0 unspecified atom stereocenters. The molecule has 1 saturated heterocycles. The van der Waals surface area contributed by atoms with Gasteiger partial charge in [0.15, 0.2) is 0 Å². The van der Waals surface area contributed by atoms with Crippen molar-refractivity contribution in [2.24, 2.45) is 5.92 Å². The van der Waals surface area contributed by atoms with E-state index in [0.717, 1.165) is 38.3 Å².